The summed E-state index contributed by atoms with van der Waals surface area (Å²) in [6.07, 6.45) is 3.05. The van der Waals surface area contributed by atoms with Gasteiger partial charge in [-0.05, 0) is 25.0 Å². The number of aromatic nitrogens is 1. The van der Waals surface area contributed by atoms with Gasteiger partial charge in [-0.3, -0.25) is 0 Å². The molecule has 17 heavy (non-hydrogen) atoms. The molecule has 0 aliphatic carbocycles. The molecule has 2 aliphatic heterocycles. The molecule has 0 saturated carbocycles. The number of anilines is 1. The van der Waals surface area contributed by atoms with Crippen LogP contribution in [-0.2, 0) is 9.84 Å². The Balaban J connectivity index is 2.39. The van der Waals surface area contributed by atoms with Gasteiger partial charge in [-0.1, -0.05) is 0 Å². The minimum absolute atomic E-state index is 0.115. The predicted molar refractivity (Wildman–Crippen MR) is 60.6 cm³/mol. The van der Waals surface area contributed by atoms with Crippen molar-refractivity contribution in [3.05, 3.63) is 28.9 Å². The molecule has 3 rings (SSSR count). The standard InChI is InChI=1S/C11H9N3O2S/c12-7-10-8-3-2-6-14(8)11-9(17(10,15)16)4-1-5-13-11/h1,4-5H,2-3,6H2. The zero-order valence-electron chi connectivity index (χ0n) is 8.92. The van der Waals surface area contributed by atoms with E-state index in [1.54, 1.807) is 12.3 Å². The fourth-order valence-electron chi connectivity index (χ4n) is 2.33. The largest absolute Gasteiger partial charge is 0.327 e. The number of allylic oxidation sites excluding steroid dienone is 2. The van der Waals surface area contributed by atoms with E-state index in [0.717, 1.165) is 13.0 Å². The van der Waals surface area contributed by atoms with Crippen molar-refractivity contribution < 1.29 is 8.42 Å². The van der Waals surface area contributed by atoms with Gasteiger partial charge in [0.15, 0.2) is 10.7 Å². The molecule has 6 heteroatoms. The number of rotatable bonds is 0. The van der Waals surface area contributed by atoms with Gasteiger partial charge in [0.25, 0.3) is 0 Å². The van der Waals surface area contributed by atoms with Crippen molar-refractivity contribution in [3.63, 3.8) is 0 Å². The highest BCUT2D eigenvalue weighted by Gasteiger charge is 2.39. The van der Waals surface area contributed by atoms with E-state index in [1.807, 2.05) is 11.0 Å². The Labute approximate surface area is 98.9 Å². The van der Waals surface area contributed by atoms with Crippen LogP contribution in [0.2, 0.25) is 0 Å². The van der Waals surface area contributed by atoms with E-state index >= 15 is 0 Å². The van der Waals surface area contributed by atoms with Gasteiger partial charge in [0.1, 0.15) is 11.0 Å². The summed E-state index contributed by atoms with van der Waals surface area (Å²) in [5.41, 5.74) is 0.596. The van der Waals surface area contributed by atoms with Gasteiger partial charge in [0.05, 0.1) is 0 Å². The summed E-state index contributed by atoms with van der Waals surface area (Å²) < 4.78 is 24.5. The number of nitriles is 1. The van der Waals surface area contributed by atoms with Crippen molar-refractivity contribution in [2.45, 2.75) is 17.7 Å². The van der Waals surface area contributed by atoms with Crippen LogP contribution in [0.25, 0.3) is 0 Å². The highest BCUT2D eigenvalue weighted by Crippen LogP contribution is 2.41. The molecule has 86 valence electrons. The van der Waals surface area contributed by atoms with E-state index in [9.17, 15) is 8.42 Å². The fraction of sp³-hybridized carbons (Fsp3) is 0.273. The van der Waals surface area contributed by atoms with Crippen LogP contribution >= 0.6 is 0 Å². The molecule has 1 fully saturated rings. The summed E-state index contributed by atoms with van der Waals surface area (Å²) in [5, 5.41) is 9.07. The number of pyridine rings is 1. The monoisotopic (exact) mass is 247 g/mol. The molecular weight excluding hydrogens is 238 g/mol. The molecule has 0 atom stereocenters. The highest BCUT2D eigenvalue weighted by molar-refractivity contribution is 7.95. The average Bonchev–Trinajstić information content (AvgIpc) is 2.78. The maximum atomic E-state index is 12.2. The third-order valence-electron chi connectivity index (χ3n) is 3.05. The maximum absolute atomic E-state index is 12.2. The Kier molecular flexibility index (Phi) is 2.00. The lowest BCUT2D eigenvalue weighted by molar-refractivity contribution is 0.600. The van der Waals surface area contributed by atoms with Crippen molar-refractivity contribution in [2.75, 3.05) is 11.4 Å². The topological polar surface area (TPSA) is 74.1 Å². The van der Waals surface area contributed by atoms with Crippen molar-refractivity contribution in [1.82, 2.24) is 4.98 Å². The van der Waals surface area contributed by atoms with Crippen LogP contribution in [0.3, 0.4) is 0 Å². The van der Waals surface area contributed by atoms with Gasteiger partial charge in [-0.25, -0.2) is 13.4 Å². The summed E-state index contributed by atoms with van der Waals surface area (Å²) in [4.78, 5) is 6.00. The van der Waals surface area contributed by atoms with Crippen LogP contribution in [0.4, 0.5) is 5.82 Å². The van der Waals surface area contributed by atoms with Crippen molar-refractivity contribution in [2.24, 2.45) is 0 Å². The number of fused-ring (bicyclic) bond motifs is 3. The van der Waals surface area contributed by atoms with E-state index in [2.05, 4.69) is 4.98 Å². The molecule has 0 bridgehead atoms. The Morgan fingerprint density at radius 2 is 2.29 bits per heavy atom. The minimum atomic E-state index is -3.67. The second-order valence-corrected chi connectivity index (χ2v) is 5.83. The maximum Gasteiger partial charge on any atom is 0.222 e. The van der Waals surface area contributed by atoms with E-state index in [4.69, 9.17) is 5.26 Å². The third-order valence-corrected chi connectivity index (χ3v) is 4.81. The molecule has 5 nitrogen and oxygen atoms in total. The van der Waals surface area contributed by atoms with E-state index in [0.29, 0.717) is 17.9 Å². The lowest BCUT2D eigenvalue weighted by Gasteiger charge is -2.26. The Hall–Kier alpha value is -1.87. The Morgan fingerprint density at radius 1 is 1.47 bits per heavy atom. The molecule has 1 aromatic heterocycles. The molecule has 2 aliphatic rings. The first-order chi connectivity index (χ1) is 8.16. The van der Waals surface area contributed by atoms with Crippen molar-refractivity contribution in [3.8, 4) is 6.07 Å². The summed E-state index contributed by atoms with van der Waals surface area (Å²) in [5.74, 6) is 0.457. The normalized spacial score (nSPS) is 20.8. The number of hydrogen-bond acceptors (Lipinski definition) is 5. The smallest absolute Gasteiger partial charge is 0.222 e. The van der Waals surface area contributed by atoms with E-state index in [1.165, 1.54) is 6.07 Å². The second-order valence-electron chi connectivity index (χ2n) is 3.97. The lowest BCUT2D eigenvalue weighted by Crippen LogP contribution is -2.27. The number of hydrogen-bond donors (Lipinski definition) is 0. The molecule has 1 saturated heterocycles. The van der Waals surface area contributed by atoms with Gasteiger partial charge in [0.2, 0.25) is 9.84 Å². The first-order valence-corrected chi connectivity index (χ1v) is 6.75. The predicted octanol–water partition coefficient (Wildman–Crippen LogP) is 1.20. The van der Waals surface area contributed by atoms with Gasteiger partial charge in [0, 0.05) is 18.4 Å². The van der Waals surface area contributed by atoms with E-state index < -0.39 is 9.84 Å². The van der Waals surface area contributed by atoms with Gasteiger partial charge < -0.3 is 4.90 Å². The van der Waals surface area contributed by atoms with Gasteiger partial charge in [-0.15, -0.1) is 0 Å². The molecule has 0 spiro atoms. The zero-order chi connectivity index (χ0) is 12.0. The van der Waals surface area contributed by atoms with Crippen LogP contribution in [0.15, 0.2) is 33.8 Å². The molecular formula is C11H9N3O2S. The number of nitrogens with zero attached hydrogens (tertiary/aromatic N) is 3. The first kappa shape index (κ1) is 10.3. The summed E-state index contributed by atoms with van der Waals surface area (Å²) in [6, 6.07) is 4.91. The van der Waals surface area contributed by atoms with Crippen LogP contribution in [-0.4, -0.2) is 19.9 Å². The highest BCUT2D eigenvalue weighted by atomic mass is 32.2. The van der Waals surface area contributed by atoms with Gasteiger partial charge in [-0.2, -0.15) is 5.26 Å². The summed E-state index contributed by atoms with van der Waals surface area (Å²) in [6.45, 7) is 0.722. The quantitative estimate of drug-likeness (QED) is 0.688. The van der Waals surface area contributed by atoms with Crippen molar-refractivity contribution >= 4 is 15.7 Å². The molecule has 3 heterocycles. The van der Waals surface area contributed by atoms with Crippen LogP contribution in [0.1, 0.15) is 12.8 Å². The molecule has 1 aromatic rings. The summed E-state index contributed by atoms with van der Waals surface area (Å²) in [7, 11) is -3.67. The molecule has 0 unspecified atom stereocenters. The van der Waals surface area contributed by atoms with E-state index in [-0.39, 0.29) is 9.80 Å². The molecule has 0 N–H and O–H groups in total. The number of sulfone groups is 1. The SMILES string of the molecule is N#CC1=C2CCCN2c2ncccc2S1(=O)=O. The molecule has 0 amide bonds. The van der Waals surface area contributed by atoms with Crippen LogP contribution in [0, 0.1) is 11.3 Å². The minimum Gasteiger partial charge on any atom is -0.327 e. The van der Waals surface area contributed by atoms with Crippen LogP contribution < -0.4 is 4.90 Å². The Morgan fingerprint density at radius 3 is 3.06 bits per heavy atom. The van der Waals surface area contributed by atoms with Crippen LogP contribution in [0.5, 0.6) is 0 Å². The van der Waals surface area contributed by atoms with Gasteiger partial charge >= 0.3 is 0 Å². The third kappa shape index (κ3) is 1.23. The molecule has 0 radical (unpaired) electrons. The average molecular weight is 247 g/mol. The lowest BCUT2D eigenvalue weighted by atomic mass is 10.3. The van der Waals surface area contributed by atoms with Crippen molar-refractivity contribution in [1.29, 1.82) is 5.26 Å². The Bertz CT molecular complexity index is 670. The fourth-order valence-corrected chi connectivity index (χ4v) is 3.85. The molecule has 0 aromatic carbocycles. The summed E-state index contributed by atoms with van der Waals surface area (Å²) >= 11 is 0. The first-order valence-electron chi connectivity index (χ1n) is 5.27. The zero-order valence-corrected chi connectivity index (χ0v) is 9.74. The second kappa shape index (κ2) is 3.31.